The van der Waals surface area contributed by atoms with E-state index < -0.39 is 0 Å². The molecule has 0 bridgehead atoms. The van der Waals surface area contributed by atoms with Crippen LogP contribution in [0, 0.1) is 0 Å². The monoisotopic (exact) mass is 194 g/mol. The number of hydrogen-bond acceptors (Lipinski definition) is 4. The molecule has 0 aliphatic carbocycles. The van der Waals surface area contributed by atoms with Crippen LogP contribution in [-0.4, -0.2) is 14.0 Å². The third-order valence-corrected chi connectivity index (χ3v) is 2.27. The highest BCUT2D eigenvalue weighted by atomic mass is 32.1. The zero-order chi connectivity index (χ0) is 9.10. The van der Waals surface area contributed by atoms with Crippen LogP contribution in [0.4, 0.5) is 5.13 Å². The molecule has 2 aromatic heterocycles. The number of rotatable bonds is 3. The molecule has 0 aromatic carbocycles. The summed E-state index contributed by atoms with van der Waals surface area (Å²) in [5.41, 5.74) is 3.10. The molecule has 2 heterocycles. The molecule has 0 fully saturated rings. The van der Waals surface area contributed by atoms with Gasteiger partial charge in [0.25, 0.3) is 0 Å². The fourth-order valence-corrected chi connectivity index (χ4v) is 1.62. The molecule has 0 aliphatic rings. The molecular weight excluding hydrogens is 184 g/mol. The number of aromatic nitrogens is 3. The molecule has 5 heteroatoms. The maximum atomic E-state index is 4.28. The Balaban J connectivity index is 2.10. The second-order valence-corrected chi connectivity index (χ2v) is 3.32. The van der Waals surface area contributed by atoms with E-state index in [9.17, 15) is 0 Å². The van der Waals surface area contributed by atoms with Gasteiger partial charge in [0.15, 0.2) is 0 Å². The van der Waals surface area contributed by atoms with Gasteiger partial charge >= 0.3 is 0 Å². The molecule has 2 aromatic rings. The molecule has 0 atom stereocenters. The molecule has 0 aliphatic heterocycles. The first-order chi connectivity index (χ1) is 6.38. The van der Waals surface area contributed by atoms with E-state index in [0.717, 1.165) is 17.4 Å². The van der Waals surface area contributed by atoms with E-state index in [-0.39, 0.29) is 0 Å². The molecule has 0 saturated carbocycles. The van der Waals surface area contributed by atoms with Crippen molar-refractivity contribution in [3.05, 3.63) is 30.4 Å². The van der Waals surface area contributed by atoms with Gasteiger partial charge < -0.3 is 0 Å². The average molecular weight is 194 g/mol. The lowest BCUT2D eigenvalue weighted by Gasteiger charge is -2.00. The van der Waals surface area contributed by atoms with Crippen LogP contribution >= 0.6 is 11.5 Å². The Bertz CT molecular complexity index is 365. The summed E-state index contributed by atoms with van der Waals surface area (Å²) in [5, 5.41) is 0.827. The largest absolute Gasteiger partial charge is 0.269 e. The van der Waals surface area contributed by atoms with Gasteiger partial charge in [0.05, 0.1) is 0 Å². The van der Waals surface area contributed by atoms with Gasteiger partial charge in [0, 0.05) is 30.3 Å². The van der Waals surface area contributed by atoms with Crippen LogP contribution in [0.15, 0.2) is 24.5 Å². The topological polar surface area (TPSA) is 42.7 Å². The fraction of sp³-hybridized carbons (Fsp3) is 0.250. The fourth-order valence-electron chi connectivity index (χ4n) is 0.962. The first-order valence-electron chi connectivity index (χ1n) is 4.11. The van der Waals surface area contributed by atoms with E-state index in [1.54, 1.807) is 0 Å². The summed E-state index contributed by atoms with van der Waals surface area (Å²) < 4.78 is 6.02. The second-order valence-electron chi connectivity index (χ2n) is 2.57. The highest BCUT2D eigenvalue weighted by Gasteiger charge is 2.00. The number of nitrogens with one attached hydrogen (secondary N) is 1. The summed E-state index contributed by atoms with van der Waals surface area (Å²) in [6.45, 7) is 2.04. The molecule has 0 unspecified atom stereocenters. The maximum Gasteiger partial charge on any atom is 0.221 e. The van der Waals surface area contributed by atoms with E-state index in [0.29, 0.717) is 0 Å². The molecule has 13 heavy (non-hydrogen) atoms. The van der Waals surface area contributed by atoms with Crippen molar-refractivity contribution >= 4 is 16.7 Å². The van der Waals surface area contributed by atoms with Gasteiger partial charge in [-0.15, -0.1) is 0 Å². The Morgan fingerprint density at radius 1 is 1.46 bits per heavy atom. The van der Waals surface area contributed by atoms with E-state index >= 15 is 0 Å². The van der Waals surface area contributed by atoms with Crippen molar-refractivity contribution in [3.63, 3.8) is 0 Å². The first-order valence-corrected chi connectivity index (χ1v) is 4.88. The zero-order valence-electron chi connectivity index (χ0n) is 7.27. The molecule has 68 valence electrons. The zero-order valence-corrected chi connectivity index (χ0v) is 8.08. The normalized spacial score (nSPS) is 10.2. The van der Waals surface area contributed by atoms with E-state index in [1.165, 1.54) is 11.5 Å². The summed E-state index contributed by atoms with van der Waals surface area (Å²) in [7, 11) is 0. The predicted molar refractivity (Wildman–Crippen MR) is 52.7 cm³/mol. The minimum Gasteiger partial charge on any atom is -0.269 e. The highest BCUT2D eigenvalue weighted by Crippen LogP contribution is 2.11. The van der Waals surface area contributed by atoms with Crippen LogP contribution in [0.3, 0.4) is 0 Å². The summed E-state index contributed by atoms with van der Waals surface area (Å²) in [6.07, 6.45) is 4.73. The molecule has 0 radical (unpaired) electrons. The van der Waals surface area contributed by atoms with Crippen LogP contribution in [0.1, 0.15) is 12.7 Å². The number of anilines is 1. The van der Waals surface area contributed by atoms with Crippen molar-refractivity contribution < 1.29 is 0 Å². The number of aryl methyl sites for hydroxylation is 1. The lowest BCUT2D eigenvalue weighted by atomic mass is 10.5. The molecule has 0 amide bonds. The van der Waals surface area contributed by atoms with Crippen molar-refractivity contribution in [1.82, 2.24) is 14.0 Å². The van der Waals surface area contributed by atoms with Gasteiger partial charge in [-0.2, -0.15) is 4.37 Å². The quantitative estimate of drug-likeness (QED) is 0.809. The van der Waals surface area contributed by atoms with Gasteiger partial charge in [-0.05, 0) is 12.1 Å². The lowest BCUT2D eigenvalue weighted by Crippen LogP contribution is -2.05. The van der Waals surface area contributed by atoms with Gasteiger partial charge in [0.2, 0.25) is 5.13 Å². The highest BCUT2D eigenvalue weighted by molar-refractivity contribution is 7.09. The Morgan fingerprint density at radius 2 is 2.23 bits per heavy atom. The second kappa shape index (κ2) is 3.57. The van der Waals surface area contributed by atoms with Gasteiger partial charge in [-0.3, -0.25) is 10.1 Å². The summed E-state index contributed by atoms with van der Waals surface area (Å²) in [6, 6.07) is 3.91. The minimum absolute atomic E-state index is 0.827. The third kappa shape index (κ3) is 1.86. The summed E-state index contributed by atoms with van der Waals surface area (Å²) in [5.74, 6) is 0.889. The van der Waals surface area contributed by atoms with Crippen LogP contribution in [-0.2, 0) is 6.42 Å². The average Bonchev–Trinajstić information content (AvgIpc) is 2.76. The van der Waals surface area contributed by atoms with Crippen LogP contribution in [0.2, 0.25) is 0 Å². The SMILES string of the molecule is CCc1nsc(Nn2cccc2)n1. The molecule has 0 saturated heterocycles. The Hall–Kier alpha value is -1.36. The van der Waals surface area contributed by atoms with Gasteiger partial charge in [-0.1, -0.05) is 6.92 Å². The molecular formula is C8H10N4S. The van der Waals surface area contributed by atoms with E-state index in [1.807, 2.05) is 36.1 Å². The van der Waals surface area contributed by atoms with Crippen molar-refractivity contribution in [3.8, 4) is 0 Å². The molecule has 2 rings (SSSR count). The standard InChI is InChI=1S/C8H10N4S/c1-2-7-9-8(13-11-7)10-12-5-3-4-6-12/h3-6H,2H2,1H3,(H,9,10,11). The molecule has 1 N–H and O–H groups in total. The Kier molecular flexibility index (Phi) is 2.27. The van der Waals surface area contributed by atoms with Gasteiger partial charge in [-0.25, -0.2) is 4.98 Å². The number of hydrogen-bond donors (Lipinski definition) is 1. The minimum atomic E-state index is 0.827. The van der Waals surface area contributed by atoms with Crippen LogP contribution in [0.5, 0.6) is 0 Å². The van der Waals surface area contributed by atoms with Crippen molar-refractivity contribution in [2.75, 3.05) is 5.43 Å². The Morgan fingerprint density at radius 3 is 2.85 bits per heavy atom. The lowest BCUT2D eigenvalue weighted by molar-refractivity contribution is 0.943. The van der Waals surface area contributed by atoms with Crippen molar-refractivity contribution in [1.29, 1.82) is 0 Å². The summed E-state index contributed by atoms with van der Waals surface area (Å²) in [4.78, 5) is 4.28. The third-order valence-electron chi connectivity index (χ3n) is 1.61. The maximum absolute atomic E-state index is 4.28. The predicted octanol–water partition coefficient (Wildman–Crippen LogP) is 1.78. The van der Waals surface area contributed by atoms with Gasteiger partial charge in [0.1, 0.15) is 5.82 Å². The molecule has 0 spiro atoms. The van der Waals surface area contributed by atoms with Crippen LogP contribution < -0.4 is 5.43 Å². The first kappa shape index (κ1) is 8.25. The summed E-state index contributed by atoms with van der Waals surface area (Å²) >= 11 is 1.38. The van der Waals surface area contributed by atoms with E-state index in [4.69, 9.17) is 0 Å². The van der Waals surface area contributed by atoms with Crippen molar-refractivity contribution in [2.24, 2.45) is 0 Å². The number of nitrogens with zero attached hydrogens (tertiary/aromatic N) is 3. The Labute approximate surface area is 80.4 Å². The van der Waals surface area contributed by atoms with Crippen LogP contribution in [0.25, 0.3) is 0 Å². The smallest absolute Gasteiger partial charge is 0.221 e. The van der Waals surface area contributed by atoms with Crippen molar-refractivity contribution in [2.45, 2.75) is 13.3 Å². The van der Waals surface area contributed by atoms with E-state index in [2.05, 4.69) is 14.8 Å². The molecule has 4 nitrogen and oxygen atoms in total.